The molecule has 102 valence electrons. The fraction of sp³-hybridized carbons (Fsp3) is 0.429. The molecule has 5 nitrogen and oxygen atoms in total. The van der Waals surface area contributed by atoms with Crippen molar-refractivity contribution in [2.24, 2.45) is 5.73 Å². The third-order valence-electron chi connectivity index (χ3n) is 3.24. The first-order chi connectivity index (χ1) is 9.15. The standard InChI is InChI=1S/C14H20N4O/c15-13(16)10-11-4-6-12(7-5-11)17-14(19)18-8-2-1-3-9-18/h4-7H,1-3,8-10H2,(H3,15,16)(H,17,19). The topological polar surface area (TPSA) is 82.2 Å². The van der Waals surface area contributed by atoms with Gasteiger partial charge in [0.25, 0.3) is 0 Å². The molecule has 0 radical (unpaired) electrons. The maximum atomic E-state index is 12.0. The predicted molar refractivity (Wildman–Crippen MR) is 76.5 cm³/mol. The van der Waals surface area contributed by atoms with Gasteiger partial charge in [-0.15, -0.1) is 0 Å². The number of hydrogen-bond donors (Lipinski definition) is 3. The van der Waals surface area contributed by atoms with Crippen LogP contribution in [0.4, 0.5) is 10.5 Å². The van der Waals surface area contributed by atoms with Crippen LogP contribution < -0.4 is 11.1 Å². The van der Waals surface area contributed by atoms with Crippen molar-refractivity contribution in [3.63, 3.8) is 0 Å². The van der Waals surface area contributed by atoms with Crippen LogP contribution in [0.2, 0.25) is 0 Å². The highest BCUT2D eigenvalue weighted by Crippen LogP contribution is 2.13. The molecule has 2 amide bonds. The highest BCUT2D eigenvalue weighted by Gasteiger charge is 2.16. The first-order valence-corrected chi connectivity index (χ1v) is 6.63. The molecular formula is C14H20N4O. The number of amidine groups is 1. The molecule has 1 saturated heterocycles. The van der Waals surface area contributed by atoms with Gasteiger partial charge in [0, 0.05) is 25.2 Å². The average molecular weight is 260 g/mol. The number of nitrogens with zero attached hydrogens (tertiary/aromatic N) is 1. The lowest BCUT2D eigenvalue weighted by Crippen LogP contribution is -2.38. The Hall–Kier alpha value is -2.04. The molecule has 1 aliphatic rings. The number of nitrogens with one attached hydrogen (secondary N) is 2. The summed E-state index contributed by atoms with van der Waals surface area (Å²) in [6, 6.07) is 7.43. The summed E-state index contributed by atoms with van der Waals surface area (Å²) in [6.45, 7) is 1.68. The number of nitrogens with two attached hydrogens (primary N) is 1. The number of hydrogen-bond acceptors (Lipinski definition) is 2. The first-order valence-electron chi connectivity index (χ1n) is 6.63. The molecule has 0 bridgehead atoms. The number of carbonyl (C=O) groups excluding carboxylic acids is 1. The van der Waals surface area contributed by atoms with Crippen molar-refractivity contribution in [1.29, 1.82) is 5.41 Å². The number of anilines is 1. The molecule has 0 spiro atoms. The Labute approximate surface area is 113 Å². The molecule has 0 atom stereocenters. The molecule has 2 rings (SSSR count). The van der Waals surface area contributed by atoms with Gasteiger partial charge in [-0.3, -0.25) is 5.41 Å². The second kappa shape index (κ2) is 6.22. The molecule has 4 N–H and O–H groups in total. The van der Waals surface area contributed by atoms with Crippen LogP contribution in [0.25, 0.3) is 0 Å². The highest BCUT2D eigenvalue weighted by atomic mass is 16.2. The summed E-state index contributed by atoms with van der Waals surface area (Å²) >= 11 is 0. The normalized spacial score (nSPS) is 15.1. The number of rotatable bonds is 3. The molecule has 0 aliphatic carbocycles. The van der Waals surface area contributed by atoms with Crippen LogP contribution >= 0.6 is 0 Å². The van der Waals surface area contributed by atoms with Crippen LogP contribution in [-0.2, 0) is 6.42 Å². The Morgan fingerprint density at radius 1 is 1.21 bits per heavy atom. The molecule has 5 heteroatoms. The van der Waals surface area contributed by atoms with E-state index in [1.54, 1.807) is 0 Å². The molecule has 0 aromatic heterocycles. The minimum absolute atomic E-state index is 0.0287. The molecule has 1 heterocycles. The van der Waals surface area contributed by atoms with Gasteiger partial charge < -0.3 is 16.0 Å². The van der Waals surface area contributed by atoms with E-state index in [2.05, 4.69) is 5.32 Å². The van der Waals surface area contributed by atoms with E-state index < -0.39 is 0 Å². The molecule has 1 aromatic rings. The van der Waals surface area contributed by atoms with Crippen molar-refractivity contribution >= 4 is 17.6 Å². The van der Waals surface area contributed by atoms with Crippen LogP contribution in [0, 0.1) is 5.41 Å². The van der Waals surface area contributed by atoms with Gasteiger partial charge >= 0.3 is 6.03 Å². The summed E-state index contributed by atoms with van der Waals surface area (Å²) in [7, 11) is 0. The smallest absolute Gasteiger partial charge is 0.321 e. The summed E-state index contributed by atoms with van der Waals surface area (Å²) in [5.41, 5.74) is 7.10. The van der Waals surface area contributed by atoms with Crippen molar-refractivity contribution in [2.45, 2.75) is 25.7 Å². The van der Waals surface area contributed by atoms with Crippen LogP contribution in [-0.4, -0.2) is 29.9 Å². The van der Waals surface area contributed by atoms with E-state index in [-0.39, 0.29) is 11.9 Å². The second-order valence-corrected chi connectivity index (χ2v) is 4.88. The average Bonchev–Trinajstić information content (AvgIpc) is 2.41. The zero-order valence-corrected chi connectivity index (χ0v) is 11.0. The van der Waals surface area contributed by atoms with E-state index in [1.165, 1.54) is 6.42 Å². The van der Waals surface area contributed by atoms with Gasteiger partial charge in [0.2, 0.25) is 0 Å². The summed E-state index contributed by atoms with van der Waals surface area (Å²) in [5.74, 6) is 0.144. The van der Waals surface area contributed by atoms with Gasteiger partial charge in [-0.1, -0.05) is 12.1 Å². The van der Waals surface area contributed by atoms with Gasteiger partial charge in [0.15, 0.2) is 0 Å². The quantitative estimate of drug-likeness (QED) is 0.575. The molecule has 0 saturated carbocycles. The fourth-order valence-corrected chi connectivity index (χ4v) is 2.23. The highest BCUT2D eigenvalue weighted by molar-refractivity contribution is 5.89. The zero-order chi connectivity index (χ0) is 13.7. The van der Waals surface area contributed by atoms with Crippen LogP contribution in [0.5, 0.6) is 0 Å². The largest absolute Gasteiger partial charge is 0.387 e. The summed E-state index contributed by atoms with van der Waals surface area (Å²) in [5, 5.41) is 10.1. The van der Waals surface area contributed by atoms with Gasteiger partial charge in [-0.2, -0.15) is 0 Å². The minimum atomic E-state index is -0.0287. The number of carbonyl (C=O) groups is 1. The monoisotopic (exact) mass is 260 g/mol. The van der Waals surface area contributed by atoms with E-state index in [4.69, 9.17) is 11.1 Å². The van der Waals surface area contributed by atoms with Crippen molar-refractivity contribution in [2.75, 3.05) is 18.4 Å². The Morgan fingerprint density at radius 3 is 2.42 bits per heavy atom. The Morgan fingerprint density at radius 2 is 1.84 bits per heavy atom. The Kier molecular flexibility index (Phi) is 4.39. The van der Waals surface area contributed by atoms with Crippen LogP contribution in [0.1, 0.15) is 24.8 Å². The van der Waals surface area contributed by atoms with E-state index >= 15 is 0 Å². The second-order valence-electron chi connectivity index (χ2n) is 4.88. The van der Waals surface area contributed by atoms with Crippen molar-refractivity contribution in [3.8, 4) is 0 Å². The third kappa shape index (κ3) is 3.98. The molecule has 1 aromatic carbocycles. The Bertz CT molecular complexity index is 449. The zero-order valence-electron chi connectivity index (χ0n) is 11.0. The summed E-state index contributed by atoms with van der Waals surface area (Å²) in [6.07, 6.45) is 3.83. The first kappa shape index (κ1) is 13.4. The number of likely N-dealkylation sites (tertiary alicyclic amines) is 1. The third-order valence-corrected chi connectivity index (χ3v) is 3.24. The lowest BCUT2D eigenvalue weighted by molar-refractivity contribution is 0.200. The lowest BCUT2D eigenvalue weighted by Gasteiger charge is -2.26. The molecule has 1 fully saturated rings. The maximum absolute atomic E-state index is 12.0. The van der Waals surface area contributed by atoms with E-state index in [9.17, 15) is 4.79 Å². The van der Waals surface area contributed by atoms with Gasteiger partial charge in [-0.05, 0) is 37.0 Å². The van der Waals surface area contributed by atoms with Gasteiger partial charge in [-0.25, -0.2) is 4.79 Å². The fourth-order valence-electron chi connectivity index (χ4n) is 2.23. The van der Waals surface area contributed by atoms with Gasteiger partial charge in [0.05, 0.1) is 5.84 Å². The number of amides is 2. The van der Waals surface area contributed by atoms with Crippen molar-refractivity contribution < 1.29 is 4.79 Å². The van der Waals surface area contributed by atoms with Crippen molar-refractivity contribution in [3.05, 3.63) is 29.8 Å². The molecule has 1 aliphatic heterocycles. The molecule has 19 heavy (non-hydrogen) atoms. The lowest BCUT2D eigenvalue weighted by atomic mass is 10.1. The van der Waals surface area contributed by atoms with Crippen LogP contribution in [0.3, 0.4) is 0 Å². The molecular weight excluding hydrogens is 240 g/mol. The number of piperidine rings is 1. The van der Waals surface area contributed by atoms with E-state index in [1.807, 2.05) is 29.2 Å². The summed E-state index contributed by atoms with van der Waals surface area (Å²) < 4.78 is 0. The van der Waals surface area contributed by atoms with E-state index in [0.29, 0.717) is 6.42 Å². The maximum Gasteiger partial charge on any atom is 0.321 e. The van der Waals surface area contributed by atoms with Crippen molar-refractivity contribution in [1.82, 2.24) is 4.90 Å². The van der Waals surface area contributed by atoms with E-state index in [0.717, 1.165) is 37.2 Å². The SMILES string of the molecule is N=C(N)Cc1ccc(NC(=O)N2CCCCC2)cc1. The summed E-state index contributed by atoms with van der Waals surface area (Å²) in [4.78, 5) is 13.8. The minimum Gasteiger partial charge on any atom is -0.387 e. The van der Waals surface area contributed by atoms with Gasteiger partial charge in [0.1, 0.15) is 0 Å². The number of urea groups is 1. The Balaban J connectivity index is 1.91. The number of benzene rings is 1. The molecule has 0 unspecified atom stereocenters. The van der Waals surface area contributed by atoms with Crippen LogP contribution in [0.15, 0.2) is 24.3 Å². The predicted octanol–water partition coefficient (Wildman–Crippen LogP) is 2.18.